The normalized spacial score (nSPS) is 11.6. The van der Waals surface area contributed by atoms with Crippen LogP contribution < -0.4 is 0 Å². The number of nitriles is 1. The van der Waals surface area contributed by atoms with E-state index >= 15 is 0 Å². The van der Waals surface area contributed by atoms with Crippen LogP contribution in [-0.2, 0) is 0 Å². The van der Waals surface area contributed by atoms with E-state index in [-0.39, 0.29) is 0 Å². The van der Waals surface area contributed by atoms with E-state index in [2.05, 4.69) is 162 Å². The largest absolute Gasteiger partial charge is 0.307 e. The summed E-state index contributed by atoms with van der Waals surface area (Å²) >= 11 is 0. The van der Waals surface area contributed by atoms with E-state index in [1.54, 1.807) is 0 Å². The third kappa shape index (κ3) is 3.63. The number of benzene rings is 7. The number of aromatic nitrogens is 2. The van der Waals surface area contributed by atoms with Gasteiger partial charge in [0.1, 0.15) is 6.07 Å². The molecule has 0 N–H and O–H groups in total. The number of fused-ring (bicyclic) bond motifs is 8. The summed E-state index contributed by atoms with van der Waals surface area (Å²) in [5.74, 6) is 0. The lowest BCUT2D eigenvalue weighted by Gasteiger charge is -2.20. The molecule has 0 fully saturated rings. The molecule has 0 unspecified atom stereocenters. The number of para-hydroxylation sites is 2. The zero-order valence-electron chi connectivity index (χ0n) is 24.7. The minimum atomic E-state index is 0.636. The van der Waals surface area contributed by atoms with Crippen LogP contribution in [-0.4, -0.2) is 9.13 Å². The van der Waals surface area contributed by atoms with Crippen LogP contribution in [0.3, 0.4) is 0 Å². The fraction of sp³-hybridized carbons (Fsp3) is 0.0238. The molecule has 3 heteroatoms. The summed E-state index contributed by atoms with van der Waals surface area (Å²) in [5.41, 5.74) is 10.4. The molecule has 3 nitrogen and oxygen atoms in total. The van der Waals surface area contributed by atoms with Crippen molar-refractivity contribution < 1.29 is 0 Å². The second-order valence-electron chi connectivity index (χ2n) is 11.7. The molecule has 0 saturated heterocycles. The summed E-state index contributed by atoms with van der Waals surface area (Å²) < 4.78 is 4.68. The SMILES string of the molecule is Cc1ccc(C#N)c(-n2c3ccc(-c4ccccc4)cc3c3c4ccccc4ccc32)c1-n1c2ccccc2c2ccccc21. The molecule has 0 aliphatic heterocycles. The van der Waals surface area contributed by atoms with Gasteiger partial charge in [0.2, 0.25) is 0 Å². The molecule has 9 aromatic rings. The number of hydrogen-bond acceptors (Lipinski definition) is 1. The van der Waals surface area contributed by atoms with Crippen LogP contribution in [0.25, 0.3) is 76.9 Å². The highest BCUT2D eigenvalue weighted by atomic mass is 15.1. The molecule has 0 atom stereocenters. The van der Waals surface area contributed by atoms with Gasteiger partial charge in [0, 0.05) is 21.5 Å². The summed E-state index contributed by atoms with van der Waals surface area (Å²) in [7, 11) is 0. The minimum absolute atomic E-state index is 0.636. The Balaban J connectivity index is 1.49. The van der Waals surface area contributed by atoms with Gasteiger partial charge in [-0.2, -0.15) is 5.26 Å². The lowest BCUT2D eigenvalue weighted by atomic mass is 10.0. The molecule has 2 heterocycles. The molecule has 7 aromatic carbocycles. The number of aryl methyl sites for hydroxylation is 1. The van der Waals surface area contributed by atoms with Crippen molar-refractivity contribution in [2.45, 2.75) is 6.92 Å². The number of nitrogens with zero attached hydrogens (tertiary/aromatic N) is 3. The van der Waals surface area contributed by atoms with Crippen LogP contribution >= 0.6 is 0 Å². The third-order valence-electron chi connectivity index (χ3n) is 9.26. The van der Waals surface area contributed by atoms with Crippen LogP contribution in [0.15, 0.2) is 146 Å². The summed E-state index contributed by atoms with van der Waals surface area (Å²) in [6.45, 7) is 2.15. The topological polar surface area (TPSA) is 33.6 Å². The van der Waals surface area contributed by atoms with Crippen LogP contribution in [0.2, 0.25) is 0 Å². The molecule has 210 valence electrons. The van der Waals surface area contributed by atoms with Gasteiger partial charge < -0.3 is 9.13 Å². The van der Waals surface area contributed by atoms with Crippen molar-refractivity contribution in [1.82, 2.24) is 9.13 Å². The van der Waals surface area contributed by atoms with Gasteiger partial charge in [-0.1, -0.05) is 109 Å². The monoisotopic (exact) mass is 573 g/mol. The van der Waals surface area contributed by atoms with E-state index in [4.69, 9.17) is 0 Å². The summed E-state index contributed by atoms with van der Waals surface area (Å²) in [5, 5.41) is 17.8. The molecule has 0 amide bonds. The van der Waals surface area contributed by atoms with Crippen molar-refractivity contribution in [2.75, 3.05) is 0 Å². The van der Waals surface area contributed by atoms with Crippen LogP contribution in [0.1, 0.15) is 11.1 Å². The summed E-state index contributed by atoms with van der Waals surface area (Å²) in [4.78, 5) is 0. The highest BCUT2D eigenvalue weighted by Gasteiger charge is 2.24. The first kappa shape index (κ1) is 25.4. The quantitative estimate of drug-likeness (QED) is 0.207. The standard InChI is InChI=1S/C42H27N3/c1-27-19-20-31(26-43)42(41(27)44-36-17-9-7-15-33(36)34-16-8-10-18-37(34)44)45-38-23-22-30(28-11-3-2-4-12-28)25-35(38)40-32-14-6-5-13-29(32)21-24-39(40)45/h2-25H,1H3. The average Bonchev–Trinajstić information content (AvgIpc) is 3.61. The van der Waals surface area contributed by atoms with Crippen LogP contribution in [0.5, 0.6) is 0 Å². The molecule has 0 aliphatic carbocycles. The Morgan fingerprint density at radius 3 is 1.80 bits per heavy atom. The Bertz CT molecular complexity index is 2610. The number of rotatable bonds is 3. The Kier molecular flexibility index (Phi) is 5.48. The molecule has 0 saturated carbocycles. The molecule has 0 spiro atoms. The average molecular weight is 574 g/mol. The highest BCUT2D eigenvalue weighted by molar-refractivity contribution is 6.22. The second-order valence-corrected chi connectivity index (χ2v) is 11.7. The maximum absolute atomic E-state index is 10.7. The van der Waals surface area contributed by atoms with Crippen LogP contribution in [0.4, 0.5) is 0 Å². The van der Waals surface area contributed by atoms with Gasteiger partial charge in [0.05, 0.1) is 39.0 Å². The minimum Gasteiger partial charge on any atom is -0.307 e. The molecule has 0 bridgehead atoms. The Labute approximate surface area is 260 Å². The maximum atomic E-state index is 10.7. The number of hydrogen-bond donors (Lipinski definition) is 0. The molecule has 0 radical (unpaired) electrons. The van der Waals surface area contributed by atoms with Gasteiger partial charge in [0.25, 0.3) is 0 Å². The van der Waals surface area contributed by atoms with Crippen molar-refractivity contribution in [3.8, 4) is 28.6 Å². The third-order valence-corrected chi connectivity index (χ3v) is 9.26. The van der Waals surface area contributed by atoms with Gasteiger partial charge in [0.15, 0.2) is 0 Å². The first-order valence-electron chi connectivity index (χ1n) is 15.3. The van der Waals surface area contributed by atoms with E-state index in [1.165, 1.54) is 43.4 Å². The zero-order valence-corrected chi connectivity index (χ0v) is 24.7. The van der Waals surface area contributed by atoms with E-state index in [1.807, 2.05) is 6.07 Å². The van der Waals surface area contributed by atoms with Crippen LogP contribution in [0, 0.1) is 18.3 Å². The predicted octanol–water partition coefficient (Wildman–Crippen LogP) is 10.9. The lowest BCUT2D eigenvalue weighted by Crippen LogP contribution is -2.08. The van der Waals surface area contributed by atoms with Crippen molar-refractivity contribution >= 4 is 54.4 Å². The summed E-state index contributed by atoms with van der Waals surface area (Å²) in [6.07, 6.45) is 0. The fourth-order valence-corrected chi connectivity index (χ4v) is 7.28. The fourth-order valence-electron chi connectivity index (χ4n) is 7.28. The molecule has 45 heavy (non-hydrogen) atoms. The van der Waals surface area contributed by atoms with Gasteiger partial charge in [-0.15, -0.1) is 0 Å². The first-order valence-corrected chi connectivity index (χ1v) is 15.3. The van der Waals surface area contributed by atoms with Crippen molar-refractivity contribution in [1.29, 1.82) is 5.26 Å². The maximum Gasteiger partial charge on any atom is 0.101 e. The molecular weight excluding hydrogens is 546 g/mol. The first-order chi connectivity index (χ1) is 22.2. The van der Waals surface area contributed by atoms with E-state index in [9.17, 15) is 5.26 Å². The Morgan fingerprint density at radius 2 is 1.07 bits per heavy atom. The van der Waals surface area contributed by atoms with Gasteiger partial charge >= 0.3 is 0 Å². The molecule has 0 aliphatic rings. The second kappa shape index (κ2) is 9.71. The Hall–Kier alpha value is -6.11. The van der Waals surface area contributed by atoms with Crippen molar-refractivity contribution in [2.24, 2.45) is 0 Å². The van der Waals surface area contributed by atoms with E-state index in [0.717, 1.165) is 39.0 Å². The predicted molar refractivity (Wildman–Crippen MR) is 188 cm³/mol. The Morgan fingerprint density at radius 1 is 0.467 bits per heavy atom. The summed E-state index contributed by atoms with van der Waals surface area (Å²) in [6, 6.07) is 54.1. The van der Waals surface area contributed by atoms with Crippen molar-refractivity contribution in [3.63, 3.8) is 0 Å². The lowest BCUT2D eigenvalue weighted by molar-refractivity contribution is 1.07. The van der Waals surface area contributed by atoms with Crippen molar-refractivity contribution in [3.05, 3.63) is 157 Å². The van der Waals surface area contributed by atoms with Gasteiger partial charge in [-0.3, -0.25) is 0 Å². The molecule has 2 aromatic heterocycles. The van der Waals surface area contributed by atoms with Gasteiger partial charge in [-0.05, 0) is 70.8 Å². The molecular formula is C42H27N3. The smallest absolute Gasteiger partial charge is 0.101 e. The van der Waals surface area contributed by atoms with E-state index in [0.29, 0.717) is 5.56 Å². The molecule has 9 rings (SSSR count). The zero-order chi connectivity index (χ0) is 30.1. The van der Waals surface area contributed by atoms with E-state index < -0.39 is 0 Å². The van der Waals surface area contributed by atoms with Gasteiger partial charge in [-0.25, -0.2) is 0 Å². The highest BCUT2D eigenvalue weighted by Crippen LogP contribution is 2.43.